The first-order chi connectivity index (χ1) is 9.38. The SMILES string of the molecule is C[C](C)CN1CC=C(c2ccccc2C(F)(F)F)CC1. The zero-order valence-corrected chi connectivity index (χ0v) is 11.8. The van der Waals surface area contributed by atoms with E-state index in [0.717, 1.165) is 24.7 Å². The highest BCUT2D eigenvalue weighted by Gasteiger charge is 2.34. The van der Waals surface area contributed by atoms with Crippen LogP contribution in [0.25, 0.3) is 5.57 Å². The van der Waals surface area contributed by atoms with Crippen LogP contribution in [0.5, 0.6) is 0 Å². The molecular formula is C16H19F3N. The minimum absolute atomic E-state index is 0.330. The smallest absolute Gasteiger partial charge is 0.299 e. The van der Waals surface area contributed by atoms with Crippen LogP contribution in [-0.4, -0.2) is 24.5 Å². The van der Waals surface area contributed by atoms with Crippen LogP contribution in [0.1, 0.15) is 31.4 Å². The Morgan fingerprint density at radius 2 is 1.90 bits per heavy atom. The number of hydrogen-bond acceptors (Lipinski definition) is 1. The summed E-state index contributed by atoms with van der Waals surface area (Å²) in [6.07, 6.45) is -1.69. The molecule has 1 aliphatic heterocycles. The highest BCUT2D eigenvalue weighted by molar-refractivity contribution is 5.69. The van der Waals surface area contributed by atoms with Gasteiger partial charge in [-0.2, -0.15) is 13.2 Å². The van der Waals surface area contributed by atoms with E-state index in [0.29, 0.717) is 18.5 Å². The molecule has 0 N–H and O–H groups in total. The summed E-state index contributed by atoms with van der Waals surface area (Å²) in [4.78, 5) is 2.25. The predicted molar refractivity (Wildman–Crippen MR) is 75.1 cm³/mol. The molecule has 0 aliphatic carbocycles. The normalized spacial score (nSPS) is 17.4. The van der Waals surface area contributed by atoms with Crippen molar-refractivity contribution < 1.29 is 13.2 Å². The second-order valence-corrected chi connectivity index (χ2v) is 5.46. The van der Waals surface area contributed by atoms with Crippen molar-refractivity contribution in [3.05, 3.63) is 47.4 Å². The third-order valence-electron chi connectivity index (χ3n) is 3.41. The van der Waals surface area contributed by atoms with Gasteiger partial charge in [-0.15, -0.1) is 0 Å². The molecule has 1 aromatic carbocycles. The molecule has 0 spiro atoms. The molecule has 0 aromatic heterocycles. The van der Waals surface area contributed by atoms with Crippen LogP contribution in [0, 0.1) is 5.92 Å². The van der Waals surface area contributed by atoms with Gasteiger partial charge in [0.2, 0.25) is 0 Å². The van der Waals surface area contributed by atoms with Crippen molar-refractivity contribution in [3.8, 4) is 0 Å². The molecule has 0 atom stereocenters. The summed E-state index contributed by atoms with van der Waals surface area (Å²) in [5, 5.41) is 0. The monoisotopic (exact) mass is 282 g/mol. The third-order valence-corrected chi connectivity index (χ3v) is 3.41. The zero-order valence-electron chi connectivity index (χ0n) is 11.8. The lowest BCUT2D eigenvalue weighted by atomic mass is 9.94. The number of hydrogen-bond donors (Lipinski definition) is 0. The van der Waals surface area contributed by atoms with Gasteiger partial charge in [-0.1, -0.05) is 38.1 Å². The molecule has 0 amide bonds. The first-order valence-corrected chi connectivity index (χ1v) is 6.75. The van der Waals surface area contributed by atoms with Gasteiger partial charge in [0.25, 0.3) is 0 Å². The molecule has 4 heteroatoms. The number of nitrogens with zero attached hydrogens (tertiary/aromatic N) is 1. The second kappa shape index (κ2) is 6.00. The predicted octanol–water partition coefficient (Wildman–Crippen LogP) is 4.41. The molecule has 1 aliphatic rings. The first kappa shape index (κ1) is 15.1. The molecule has 1 nitrogen and oxygen atoms in total. The Hall–Kier alpha value is -1.29. The lowest BCUT2D eigenvalue weighted by Crippen LogP contribution is -2.31. The highest BCUT2D eigenvalue weighted by atomic mass is 19.4. The van der Waals surface area contributed by atoms with E-state index >= 15 is 0 Å². The average Bonchev–Trinajstić information content (AvgIpc) is 2.38. The maximum atomic E-state index is 13.0. The lowest BCUT2D eigenvalue weighted by Gasteiger charge is -2.28. The minimum Gasteiger partial charge on any atom is -0.299 e. The van der Waals surface area contributed by atoms with Gasteiger partial charge in [0.1, 0.15) is 0 Å². The molecule has 1 radical (unpaired) electrons. The van der Waals surface area contributed by atoms with Crippen molar-refractivity contribution >= 4 is 5.57 Å². The molecule has 1 heterocycles. The van der Waals surface area contributed by atoms with Gasteiger partial charge in [-0.25, -0.2) is 0 Å². The van der Waals surface area contributed by atoms with Crippen molar-refractivity contribution in [3.63, 3.8) is 0 Å². The zero-order chi connectivity index (χ0) is 14.8. The van der Waals surface area contributed by atoms with Gasteiger partial charge in [0.05, 0.1) is 5.56 Å². The standard InChI is InChI=1S/C16H19F3N/c1-12(2)11-20-9-7-13(8-10-20)14-5-3-4-6-15(14)16(17,18)19/h3-7H,8-11H2,1-2H3. The summed E-state index contributed by atoms with van der Waals surface area (Å²) in [5.74, 6) is 1.32. The average molecular weight is 282 g/mol. The fourth-order valence-electron chi connectivity index (χ4n) is 2.56. The molecule has 0 saturated carbocycles. The molecule has 0 bridgehead atoms. The molecular weight excluding hydrogens is 263 g/mol. The van der Waals surface area contributed by atoms with Gasteiger partial charge in [-0.3, -0.25) is 4.90 Å². The second-order valence-electron chi connectivity index (χ2n) is 5.46. The summed E-state index contributed by atoms with van der Waals surface area (Å²) in [7, 11) is 0. The van der Waals surface area contributed by atoms with E-state index in [1.54, 1.807) is 12.1 Å². The van der Waals surface area contributed by atoms with Crippen molar-refractivity contribution in [2.75, 3.05) is 19.6 Å². The quantitative estimate of drug-likeness (QED) is 0.793. The number of benzene rings is 1. The van der Waals surface area contributed by atoms with Crippen LogP contribution in [0.4, 0.5) is 13.2 Å². The first-order valence-electron chi connectivity index (χ1n) is 6.75. The van der Waals surface area contributed by atoms with Gasteiger partial charge in [0.15, 0.2) is 0 Å². The summed E-state index contributed by atoms with van der Waals surface area (Å²) in [6, 6.07) is 5.84. The van der Waals surface area contributed by atoms with Crippen molar-refractivity contribution in [2.45, 2.75) is 26.4 Å². The van der Waals surface area contributed by atoms with Crippen molar-refractivity contribution in [1.82, 2.24) is 4.90 Å². The molecule has 0 saturated heterocycles. The molecule has 0 unspecified atom stereocenters. The third kappa shape index (κ3) is 3.63. The molecule has 2 rings (SSSR count). The maximum absolute atomic E-state index is 13.0. The van der Waals surface area contributed by atoms with Crippen LogP contribution < -0.4 is 0 Å². The van der Waals surface area contributed by atoms with Gasteiger partial charge in [-0.05, 0) is 29.5 Å². The lowest BCUT2D eigenvalue weighted by molar-refractivity contribution is -0.137. The topological polar surface area (TPSA) is 3.24 Å². The van der Waals surface area contributed by atoms with Crippen LogP contribution in [0.15, 0.2) is 30.3 Å². The van der Waals surface area contributed by atoms with Crippen LogP contribution in [-0.2, 0) is 6.18 Å². The largest absolute Gasteiger partial charge is 0.416 e. The molecule has 20 heavy (non-hydrogen) atoms. The van der Waals surface area contributed by atoms with Gasteiger partial charge in [0, 0.05) is 19.6 Å². The van der Waals surface area contributed by atoms with E-state index in [1.807, 2.05) is 6.08 Å². The van der Waals surface area contributed by atoms with E-state index < -0.39 is 11.7 Å². The summed E-state index contributed by atoms with van der Waals surface area (Å²) in [5.41, 5.74) is 0.609. The Labute approximate surface area is 118 Å². The highest BCUT2D eigenvalue weighted by Crippen LogP contribution is 2.36. The molecule has 1 aromatic rings. The maximum Gasteiger partial charge on any atom is 0.416 e. The fourth-order valence-corrected chi connectivity index (χ4v) is 2.56. The van der Waals surface area contributed by atoms with E-state index in [2.05, 4.69) is 18.7 Å². The van der Waals surface area contributed by atoms with Crippen LogP contribution in [0.3, 0.4) is 0 Å². The van der Waals surface area contributed by atoms with Gasteiger partial charge >= 0.3 is 6.18 Å². The van der Waals surface area contributed by atoms with Crippen LogP contribution in [0.2, 0.25) is 0 Å². The molecule has 0 fully saturated rings. The van der Waals surface area contributed by atoms with E-state index in [4.69, 9.17) is 0 Å². The number of rotatable bonds is 3. The summed E-state index contributed by atoms with van der Waals surface area (Å²) < 4.78 is 39.0. The number of halogens is 3. The summed E-state index contributed by atoms with van der Waals surface area (Å²) in [6.45, 7) is 6.57. The van der Waals surface area contributed by atoms with Crippen molar-refractivity contribution in [2.24, 2.45) is 0 Å². The van der Waals surface area contributed by atoms with Crippen molar-refractivity contribution in [1.29, 1.82) is 0 Å². The Kier molecular flexibility index (Phi) is 4.53. The fraction of sp³-hybridized carbons (Fsp3) is 0.438. The van der Waals surface area contributed by atoms with E-state index in [1.165, 1.54) is 12.0 Å². The molecule has 109 valence electrons. The number of alkyl halides is 3. The Morgan fingerprint density at radius 3 is 2.45 bits per heavy atom. The minimum atomic E-state index is -4.29. The Balaban J connectivity index is 2.20. The van der Waals surface area contributed by atoms with E-state index in [-0.39, 0.29) is 0 Å². The van der Waals surface area contributed by atoms with E-state index in [9.17, 15) is 13.2 Å². The van der Waals surface area contributed by atoms with Crippen LogP contribution >= 0.6 is 0 Å². The Morgan fingerprint density at radius 1 is 1.20 bits per heavy atom. The summed E-state index contributed by atoms with van der Waals surface area (Å²) >= 11 is 0. The van der Waals surface area contributed by atoms with Gasteiger partial charge < -0.3 is 0 Å². The Bertz CT molecular complexity index is 489.